The van der Waals surface area contributed by atoms with Crippen LogP contribution in [0.25, 0.3) is 0 Å². The molecule has 0 saturated heterocycles. The molecule has 0 bridgehead atoms. The molecule has 16 heavy (non-hydrogen) atoms. The third-order valence-electron chi connectivity index (χ3n) is 2.02. The number of benzene rings is 1. The van der Waals surface area contributed by atoms with Gasteiger partial charge < -0.3 is 0 Å². The number of aromatic nitrogens is 1. The highest BCUT2D eigenvalue weighted by Gasteiger charge is 2.16. The topological polar surface area (TPSA) is 30.0 Å². The first-order chi connectivity index (χ1) is 7.58. The van der Waals surface area contributed by atoms with Gasteiger partial charge in [-0.15, -0.1) is 11.3 Å². The summed E-state index contributed by atoms with van der Waals surface area (Å²) in [7, 11) is 0. The Morgan fingerprint density at radius 1 is 1.50 bits per heavy atom. The first-order valence-corrected chi connectivity index (χ1v) is 5.69. The molecule has 0 saturated carbocycles. The Labute approximate surface area is 101 Å². The number of halogens is 2. The fraction of sp³-hybridized carbons (Fsp3) is 0.0909. The molecule has 0 atom stereocenters. The Balaban J connectivity index is 2.41. The molecule has 1 aromatic carbocycles. The molecule has 0 N–H and O–H groups in total. The van der Waals surface area contributed by atoms with Crippen molar-refractivity contribution in [2.75, 3.05) is 0 Å². The minimum absolute atomic E-state index is 0.0213. The molecule has 0 aliphatic rings. The van der Waals surface area contributed by atoms with Gasteiger partial charge in [-0.3, -0.25) is 4.79 Å². The average Bonchev–Trinajstić information content (AvgIpc) is 2.64. The maximum absolute atomic E-state index is 13.5. The van der Waals surface area contributed by atoms with E-state index in [1.165, 1.54) is 29.7 Å². The van der Waals surface area contributed by atoms with Gasteiger partial charge in [0.15, 0.2) is 0 Å². The molecular weight excluding hydrogens is 249 g/mol. The summed E-state index contributed by atoms with van der Waals surface area (Å²) in [6.45, 7) is 1.79. The SMILES string of the molecule is Cc1ncc(C(=O)c2ccc(Cl)cc2F)s1. The number of ketones is 1. The van der Waals surface area contributed by atoms with Gasteiger partial charge in [0.2, 0.25) is 5.78 Å². The second kappa shape index (κ2) is 4.31. The Kier molecular flexibility index (Phi) is 3.03. The first-order valence-electron chi connectivity index (χ1n) is 4.50. The van der Waals surface area contributed by atoms with Crippen LogP contribution in [0, 0.1) is 12.7 Å². The second-order valence-corrected chi connectivity index (χ2v) is 4.87. The van der Waals surface area contributed by atoms with Crippen molar-refractivity contribution in [3.8, 4) is 0 Å². The van der Waals surface area contributed by atoms with Crippen LogP contribution in [0.1, 0.15) is 20.2 Å². The molecule has 0 amide bonds. The summed E-state index contributed by atoms with van der Waals surface area (Å²) in [6.07, 6.45) is 1.45. The zero-order chi connectivity index (χ0) is 11.7. The van der Waals surface area contributed by atoms with Crippen LogP contribution in [0.15, 0.2) is 24.4 Å². The maximum atomic E-state index is 13.5. The molecular formula is C11H7ClFNOS. The monoisotopic (exact) mass is 255 g/mol. The average molecular weight is 256 g/mol. The predicted molar refractivity (Wildman–Crippen MR) is 61.7 cm³/mol. The van der Waals surface area contributed by atoms with Crippen molar-refractivity contribution in [1.29, 1.82) is 0 Å². The van der Waals surface area contributed by atoms with Crippen LogP contribution >= 0.6 is 22.9 Å². The van der Waals surface area contributed by atoms with Gasteiger partial charge in [0, 0.05) is 11.2 Å². The lowest BCUT2D eigenvalue weighted by Gasteiger charge is -2.00. The van der Waals surface area contributed by atoms with Crippen LogP contribution in [0.5, 0.6) is 0 Å². The smallest absolute Gasteiger partial charge is 0.207 e. The molecule has 1 aromatic heterocycles. The third kappa shape index (κ3) is 2.13. The van der Waals surface area contributed by atoms with Crippen molar-refractivity contribution >= 4 is 28.7 Å². The minimum Gasteiger partial charge on any atom is -0.288 e. The van der Waals surface area contributed by atoms with E-state index in [9.17, 15) is 9.18 Å². The summed E-state index contributed by atoms with van der Waals surface area (Å²) in [5.41, 5.74) is 0.0213. The maximum Gasteiger partial charge on any atom is 0.207 e. The molecule has 2 aromatic rings. The van der Waals surface area contributed by atoms with Crippen molar-refractivity contribution in [2.45, 2.75) is 6.92 Å². The van der Waals surface area contributed by atoms with Crippen molar-refractivity contribution < 1.29 is 9.18 Å². The lowest BCUT2D eigenvalue weighted by atomic mass is 10.1. The summed E-state index contributed by atoms with van der Waals surface area (Å²) >= 11 is 6.85. The minimum atomic E-state index is -0.608. The molecule has 0 aliphatic heterocycles. The summed E-state index contributed by atoms with van der Waals surface area (Å²) in [4.78, 5) is 16.3. The molecule has 0 fully saturated rings. The molecule has 1 heterocycles. The number of carbonyl (C=O) groups excluding carboxylic acids is 1. The van der Waals surface area contributed by atoms with Gasteiger partial charge in [-0.1, -0.05) is 11.6 Å². The van der Waals surface area contributed by atoms with Crippen molar-refractivity contribution in [3.05, 3.63) is 50.7 Å². The van der Waals surface area contributed by atoms with E-state index in [4.69, 9.17) is 11.6 Å². The van der Waals surface area contributed by atoms with Crippen molar-refractivity contribution in [2.24, 2.45) is 0 Å². The molecule has 0 aliphatic carbocycles. The van der Waals surface area contributed by atoms with Gasteiger partial charge in [-0.2, -0.15) is 0 Å². The number of thiazole rings is 1. The Bertz CT molecular complexity index is 553. The van der Waals surface area contributed by atoms with Crippen LogP contribution in [0.3, 0.4) is 0 Å². The van der Waals surface area contributed by atoms with Gasteiger partial charge in [0.1, 0.15) is 5.82 Å². The van der Waals surface area contributed by atoms with E-state index in [2.05, 4.69) is 4.98 Å². The van der Waals surface area contributed by atoms with Crippen LogP contribution < -0.4 is 0 Å². The van der Waals surface area contributed by atoms with E-state index >= 15 is 0 Å². The second-order valence-electron chi connectivity index (χ2n) is 3.20. The highest BCUT2D eigenvalue weighted by Crippen LogP contribution is 2.20. The Morgan fingerprint density at radius 2 is 2.25 bits per heavy atom. The highest BCUT2D eigenvalue weighted by atomic mass is 35.5. The van der Waals surface area contributed by atoms with Crippen molar-refractivity contribution in [1.82, 2.24) is 4.98 Å². The molecule has 2 nitrogen and oxygen atoms in total. The van der Waals surface area contributed by atoms with Crippen molar-refractivity contribution in [3.63, 3.8) is 0 Å². The largest absolute Gasteiger partial charge is 0.288 e. The highest BCUT2D eigenvalue weighted by molar-refractivity contribution is 7.13. The van der Waals surface area contributed by atoms with E-state index in [0.29, 0.717) is 4.88 Å². The molecule has 0 radical (unpaired) electrons. The molecule has 0 unspecified atom stereocenters. The summed E-state index contributed by atoms with van der Waals surface area (Å²) in [6, 6.07) is 4.00. The van der Waals surface area contributed by atoms with Gasteiger partial charge in [-0.25, -0.2) is 9.37 Å². The van der Waals surface area contributed by atoms with Gasteiger partial charge in [-0.05, 0) is 25.1 Å². The fourth-order valence-electron chi connectivity index (χ4n) is 1.27. The first kappa shape index (κ1) is 11.2. The fourth-order valence-corrected chi connectivity index (χ4v) is 2.16. The van der Waals surface area contributed by atoms with Gasteiger partial charge in [0.25, 0.3) is 0 Å². The lowest BCUT2D eigenvalue weighted by molar-refractivity contribution is 0.103. The zero-order valence-electron chi connectivity index (χ0n) is 8.33. The van der Waals surface area contributed by atoms with E-state index in [1.807, 2.05) is 0 Å². The molecule has 82 valence electrons. The van der Waals surface area contributed by atoms with Crippen LogP contribution in [-0.2, 0) is 0 Å². The molecule has 5 heteroatoms. The summed E-state index contributed by atoms with van der Waals surface area (Å²) in [5.74, 6) is -0.969. The molecule has 2 rings (SSSR count). The van der Waals surface area contributed by atoms with E-state index in [0.717, 1.165) is 11.1 Å². The Hall–Kier alpha value is -1.26. The zero-order valence-corrected chi connectivity index (χ0v) is 9.90. The predicted octanol–water partition coefficient (Wildman–Crippen LogP) is 3.48. The number of aryl methyl sites for hydroxylation is 1. The number of nitrogens with zero attached hydrogens (tertiary/aromatic N) is 1. The van der Waals surface area contributed by atoms with E-state index in [-0.39, 0.29) is 16.4 Å². The quantitative estimate of drug-likeness (QED) is 0.769. The van der Waals surface area contributed by atoms with Crippen LogP contribution in [0.2, 0.25) is 5.02 Å². The number of hydrogen-bond acceptors (Lipinski definition) is 3. The molecule has 0 spiro atoms. The Morgan fingerprint density at radius 3 is 2.81 bits per heavy atom. The van der Waals surface area contributed by atoms with E-state index < -0.39 is 5.82 Å². The number of carbonyl (C=O) groups is 1. The van der Waals surface area contributed by atoms with E-state index in [1.54, 1.807) is 6.92 Å². The normalized spacial score (nSPS) is 10.4. The van der Waals surface area contributed by atoms with Gasteiger partial charge >= 0.3 is 0 Å². The van der Waals surface area contributed by atoms with Gasteiger partial charge in [0.05, 0.1) is 15.4 Å². The number of hydrogen-bond donors (Lipinski definition) is 0. The summed E-state index contributed by atoms with van der Waals surface area (Å²) in [5, 5.41) is 1.05. The third-order valence-corrected chi connectivity index (χ3v) is 3.17. The standard InChI is InChI=1S/C11H7ClFNOS/c1-6-14-5-10(16-6)11(15)8-3-2-7(12)4-9(8)13/h2-5H,1H3. The number of rotatable bonds is 2. The van der Waals surface area contributed by atoms with Crippen LogP contribution in [0.4, 0.5) is 4.39 Å². The summed E-state index contributed by atoms with van der Waals surface area (Å²) < 4.78 is 13.5. The lowest BCUT2D eigenvalue weighted by Crippen LogP contribution is -2.01. The van der Waals surface area contributed by atoms with Crippen LogP contribution in [-0.4, -0.2) is 10.8 Å².